The molecule has 1 rings (SSSR count). The first-order valence-electron chi connectivity index (χ1n) is 7.21. The van der Waals surface area contributed by atoms with Crippen LogP contribution in [0.4, 0.5) is 5.13 Å². The number of hydrogen-bond donors (Lipinski definition) is 1. The molecule has 0 radical (unpaired) electrons. The molecule has 0 aromatic carbocycles. The van der Waals surface area contributed by atoms with Crippen LogP contribution in [-0.2, 0) is 11.3 Å². The summed E-state index contributed by atoms with van der Waals surface area (Å²) < 4.78 is 0. The van der Waals surface area contributed by atoms with Gasteiger partial charge in [0.25, 0.3) is 0 Å². The molecule has 0 saturated heterocycles. The number of hydrogen-bond acceptors (Lipinski definition) is 4. The van der Waals surface area contributed by atoms with Gasteiger partial charge < -0.3 is 5.32 Å². The third-order valence-electron chi connectivity index (χ3n) is 3.92. The van der Waals surface area contributed by atoms with Crippen LogP contribution in [0.5, 0.6) is 0 Å². The maximum Gasteiger partial charge on any atom is 0.225 e. The third kappa shape index (κ3) is 4.56. The second-order valence-electron chi connectivity index (χ2n) is 6.13. The Kier molecular flexibility index (Phi) is 6.14. The average molecular weight is 297 g/mol. The van der Waals surface area contributed by atoms with Crippen LogP contribution in [-0.4, -0.2) is 24.0 Å². The molecule has 20 heavy (non-hydrogen) atoms. The number of thiazole rings is 1. The molecule has 1 N–H and O–H groups in total. The van der Waals surface area contributed by atoms with Crippen molar-refractivity contribution in [2.75, 3.05) is 18.0 Å². The zero-order chi connectivity index (χ0) is 15.3. The summed E-state index contributed by atoms with van der Waals surface area (Å²) in [5, 5.41) is 6.28. The first-order chi connectivity index (χ1) is 9.27. The van der Waals surface area contributed by atoms with E-state index in [0.717, 1.165) is 23.9 Å². The van der Waals surface area contributed by atoms with Crippen molar-refractivity contribution in [1.82, 2.24) is 10.3 Å². The molecule has 5 heteroatoms. The number of nitrogens with zero attached hydrogens (tertiary/aromatic N) is 2. The van der Waals surface area contributed by atoms with Crippen molar-refractivity contribution in [3.8, 4) is 0 Å². The Balaban J connectivity index is 2.55. The smallest absolute Gasteiger partial charge is 0.225 e. The number of rotatable bonds is 7. The molecule has 4 nitrogen and oxygen atoms in total. The maximum atomic E-state index is 11.5. The van der Waals surface area contributed by atoms with Crippen LogP contribution < -0.4 is 10.2 Å². The highest BCUT2D eigenvalue weighted by Gasteiger charge is 2.21. The minimum absolute atomic E-state index is 0.0438. The van der Waals surface area contributed by atoms with Gasteiger partial charge in [-0.05, 0) is 18.3 Å². The molecule has 0 aliphatic rings. The molecule has 1 amide bonds. The van der Waals surface area contributed by atoms with E-state index in [-0.39, 0.29) is 11.3 Å². The third-order valence-corrected chi connectivity index (χ3v) is 4.83. The molecular weight excluding hydrogens is 270 g/mol. The first-order valence-corrected chi connectivity index (χ1v) is 8.09. The van der Waals surface area contributed by atoms with Crippen LogP contribution in [0.2, 0.25) is 0 Å². The molecule has 0 atom stereocenters. The number of nitrogens with one attached hydrogen (secondary N) is 1. The van der Waals surface area contributed by atoms with E-state index in [1.807, 2.05) is 12.3 Å². The van der Waals surface area contributed by atoms with E-state index in [0.29, 0.717) is 12.5 Å². The van der Waals surface area contributed by atoms with Crippen LogP contribution in [0, 0.1) is 11.3 Å². The van der Waals surface area contributed by atoms with Gasteiger partial charge >= 0.3 is 0 Å². The standard InChI is InChI=1S/C15H27N3OS/c1-7-18(12(4)19)14-17-13(9-20-14)8-16-10-15(5,6)11(2)3/h9,11,16H,7-8,10H2,1-6H3. The van der Waals surface area contributed by atoms with Crippen molar-refractivity contribution in [2.24, 2.45) is 11.3 Å². The molecule has 1 aromatic rings. The normalized spacial score (nSPS) is 11.9. The minimum atomic E-state index is 0.0438. The minimum Gasteiger partial charge on any atom is -0.311 e. The Morgan fingerprint density at radius 1 is 1.50 bits per heavy atom. The lowest BCUT2D eigenvalue weighted by Crippen LogP contribution is -2.33. The molecule has 0 aliphatic heterocycles. The molecule has 0 bridgehead atoms. The topological polar surface area (TPSA) is 45.2 Å². The van der Waals surface area contributed by atoms with Crippen LogP contribution in [0.1, 0.15) is 47.2 Å². The highest BCUT2D eigenvalue weighted by Crippen LogP contribution is 2.25. The number of amides is 1. The summed E-state index contributed by atoms with van der Waals surface area (Å²) in [5.41, 5.74) is 1.28. The first kappa shape index (κ1) is 17.1. The van der Waals surface area contributed by atoms with Gasteiger partial charge in [-0.15, -0.1) is 11.3 Å². The van der Waals surface area contributed by atoms with Gasteiger partial charge in [-0.25, -0.2) is 4.98 Å². The number of anilines is 1. The summed E-state index contributed by atoms with van der Waals surface area (Å²) in [6.45, 7) is 14.9. The van der Waals surface area contributed by atoms with Crippen LogP contribution >= 0.6 is 11.3 Å². The Morgan fingerprint density at radius 2 is 2.15 bits per heavy atom. The van der Waals surface area contributed by atoms with Gasteiger partial charge in [0.2, 0.25) is 5.91 Å². The molecule has 1 heterocycles. The zero-order valence-corrected chi connectivity index (χ0v) is 14.3. The summed E-state index contributed by atoms with van der Waals surface area (Å²) in [5.74, 6) is 0.677. The summed E-state index contributed by atoms with van der Waals surface area (Å²) >= 11 is 1.53. The molecule has 0 spiro atoms. The van der Waals surface area contributed by atoms with Gasteiger partial charge in [-0.1, -0.05) is 27.7 Å². The summed E-state index contributed by atoms with van der Waals surface area (Å²) in [4.78, 5) is 17.7. The van der Waals surface area contributed by atoms with Gasteiger partial charge in [0.15, 0.2) is 5.13 Å². The molecule has 0 unspecified atom stereocenters. The Hall–Kier alpha value is -0.940. The monoisotopic (exact) mass is 297 g/mol. The highest BCUT2D eigenvalue weighted by molar-refractivity contribution is 7.14. The highest BCUT2D eigenvalue weighted by atomic mass is 32.1. The molecular formula is C15H27N3OS. The van der Waals surface area contributed by atoms with Crippen LogP contribution in [0.15, 0.2) is 5.38 Å². The van der Waals surface area contributed by atoms with Crippen molar-refractivity contribution in [3.63, 3.8) is 0 Å². The largest absolute Gasteiger partial charge is 0.311 e. The number of carbonyl (C=O) groups excluding carboxylic acids is 1. The summed E-state index contributed by atoms with van der Waals surface area (Å²) in [6.07, 6.45) is 0. The van der Waals surface area contributed by atoms with Crippen molar-refractivity contribution >= 4 is 22.4 Å². The molecule has 1 aromatic heterocycles. The lowest BCUT2D eigenvalue weighted by molar-refractivity contribution is -0.116. The summed E-state index contributed by atoms with van der Waals surface area (Å²) in [6, 6.07) is 0. The molecule has 0 fully saturated rings. The Morgan fingerprint density at radius 3 is 2.65 bits per heavy atom. The fourth-order valence-electron chi connectivity index (χ4n) is 1.71. The number of carbonyl (C=O) groups is 1. The van der Waals surface area contributed by atoms with Gasteiger partial charge in [-0.3, -0.25) is 9.69 Å². The second-order valence-corrected chi connectivity index (χ2v) is 6.97. The van der Waals surface area contributed by atoms with Gasteiger partial charge in [0.1, 0.15) is 0 Å². The van der Waals surface area contributed by atoms with Gasteiger partial charge in [0, 0.05) is 31.9 Å². The maximum absolute atomic E-state index is 11.5. The van der Waals surface area contributed by atoms with E-state index in [4.69, 9.17) is 0 Å². The van der Waals surface area contributed by atoms with Crippen molar-refractivity contribution in [1.29, 1.82) is 0 Å². The average Bonchev–Trinajstić information content (AvgIpc) is 2.77. The van der Waals surface area contributed by atoms with Crippen LogP contribution in [0.3, 0.4) is 0 Å². The van der Waals surface area contributed by atoms with Crippen molar-refractivity contribution in [3.05, 3.63) is 11.1 Å². The zero-order valence-electron chi connectivity index (χ0n) is 13.5. The van der Waals surface area contributed by atoms with Crippen molar-refractivity contribution < 1.29 is 4.79 Å². The predicted octanol–water partition coefficient (Wildman–Crippen LogP) is 3.29. The lowest BCUT2D eigenvalue weighted by atomic mass is 9.81. The fraction of sp³-hybridized carbons (Fsp3) is 0.733. The van der Waals surface area contributed by atoms with E-state index < -0.39 is 0 Å². The SMILES string of the molecule is CCN(C(C)=O)c1nc(CNCC(C)(C)C(C)C)cs1. The quantitative estimate of drug-likeness (QED) is 0.840. The molecule has 0 aliphatic carbocycles. The Bertz CT molecular complexity index is 440. The Labute approximate surface area is 126 Å². The van der Waals surface area contributed by atoms with Crippen LogP contribution in [0.25, 0.3) is 0 Å². The summed E-state index contributed by atoms with van der Waals surface area (Å²) in [7, 11) is 0. The molecule has 114 valence electrons. The number of aromatic nitrogens is 1. The van der Waals surface area contributed by atoms with E-state index in [1.54, 1.807) is 11.8 Å². The van der Waals surface area contributed by atoms with E-state index >= 15 is 0 Å². The predicted molar refractivity (Wildman–Crippen MR) is 86.1 cm³/mol. The van der Waals surface area contributed by atoms with E-state index in [9.17, 15) is 4.79 Å². The van der Waals surface area contributed by atoms with E-state index in [2.05, 4.69) is 38.0 Å². The van der Waals surface area contributed by atoms with Crippen molar-refractivity contribution in [2.45, 2.75) is 48.1 Å². The molecule has 0 saturated carbocycles. The lowest BCUT2D eigenvalue weighted by Gasteiger charge is -2.29. The fourth-order valence-corrected chi connectivity index (χ4v) is 2.64. The van der Waals surface area contributed by atoms with Gasteiger partial charge in [-0.2, -0.15) is 0 Å². The van der Waals surface area contributed by atoms with Gasteiger partial charge in [0.05, 0.1) is 5.69 Å². The second kappa shape index (κ2) is 7.18. The van der Waals surface area contributed by atoms with E-state index in [1.165, 1.54) is 11.3 Å².